The minimum absolute atomic E-state index is 0.311. The number of nitriles is 1. The lowest BCUT2D eigenvalue weighted by atomic mass is 9.99. The molecule has 0 aliphatic heterocycles. The highest BCUT2D eigenvalue weighted by molar-refractivity contribution is 6.33. The van der Waals surface area contributed by atoms with Crippen molar-refractivity contribution in [2.75, 3.05) is 0 Å². The van der Waals surface area contributed by atoms with E-state index in [1.807, 2.05) is 18.2 Å². The van der Waals surface area contributed by atoms with Crippen LogP contribution in [0.1, 0.15) is 36.2 Å². The second-order valence-corrected chi connectivity index (χ2v) is 5.91. The molecular formula is C16H15ClN4O. The van der Waals surface area contributed by atoms with Crippen molar-refractivity contribution in [3.05, 3.63) is 41.0 Å². The van der Waals surface area contributed by atoms with Crippen molar-refractivity contribution < 1.29 is 4.79 Å². The first kappa shape index (κ1) is 14.6. The van der Waals surface area contributed by atoms with Crippen molar-refractivity contribution >= 4 is 17.5 Å². The summed E-state index contributed by atoms with van der Waals surface area (Å²) in [7, 11) is 0. The highest BCUT2D eigenvalue weighted by Crippen LogP contribution is 2.30. The van der Waals surface area contributed by atoms with Gasteiger partial charge >= 0.3 is 0 Å². The minimum Gasteiger partial charge on any atom is -0.332 e. The number of benzene rings is 1. The molecule has 0 atom stereocenters. The number of carbonyl (C=O) groups excluding carboxylic acids is 1. The van der Waals surface area contributed by atoms with Gasteiger partial charge in [0.05, 0.1) is 16.8 Å². The summed E-state index contributed by atoms with van der Waals surface area (Å²) in [6.07, 6.45) is 3.31. The van der Waals surface area contributed by atoms with Gasteiger partial charge in [-0.1, -0.05) is 29.8 Å². The number of hydrogen-bond acceptors (Lipinski definition) is 3. The Morgan fingerprint density at radius 3 is 2.77 bits per heavy atom. The van der Waals surface area contributed by atoms with Gasteiger partial charge in [0, 0.05) is 5.56 Å². The molecule has 0 unspecified atom stereocenters. The van der Waals surface area contributed by atoms with E-state index in [9.17, 15) is 10.1 Å². The van der Waals surface area contributed by atoms with Gasteiger partial charge in [-0.15, -0.1) is 0 Å². The Hall–Kier alpha value is -2.32. The molecule has 0 bridgehead atoms. The SMILES string of the molecule is N#CC1(NC(=O)c2cc(-c3ccccc3Cl)n[nH]2)CCCC1. The van der Waals surface area contributed by atoms with Crippen molar-refractivity contribution in [3.8, 4) is 17.3 Å². The molecule has 1 aliphatic rings. The van der Waals surface area contributed by atoms with Gasteiger partial charge in [0.25, 0.3) is 5.91 Å². The van der Waals surface area contributed by atoms with Gasteiger partial charge in [-0.3, -0.25) is 9.89 Å². The van der Waals surface area contributed by atoms with Crippen LogP contribution in [0.4, 0.5) is 0 Å². The van der Waals surface area contributed by atoms with Gasteiger partial charge in [0.2, 0.25) is 0 Å². The summed E-state index contributed by atoms with van der Waals surface area (Å²) in [5.74, 6) is -0.311. The molecule has 6 heteroatoms. The molecule has 0 spiro atoms. The average molecular weight is 315 g/mol. The standard InChI is InChI=1S/C16H15ClN4O/c17-12-6-2-1-5-11(12)13-9-14(21-20-13)15(22)19-16(10-18)7-3-4-8-16/h1-2,5-6,9H,3-4,7-8H2,(H,19,22)(H,20,21). The molecule has 3 rings (SSSR count). The molecule has 0 radical (unpaired) electrons. The van der Waals surface area contributed by atoms with E-state index in [4.69, 9.17) is 11.6 Å². The van der Waals surface area contributed by atoms with Crippen LogP contribution in [0.5, 0.6) is 0 Å². The van der Waals surface area contributed by atoms with E-state index < -0.39 is 5.54 Å². The summed E-state index contributed by atoms with van der Waals surface area (Å²) in [6, 6.07) is 11.2. The zero-order chi connectivity index (χ0) is 15.6. The third-order valence-corrected chi connectivity index (χ3v) is 4.33. The van der Waals surface area contributed by atoms with Crippen LogP contribution in [-0.4, -0.2) is 21.6 Å². The first-order valence-corrected chi connectivity index (χ1v) is 7.55. The van der Waals surface area contributed by atoms with Gasteiger partial charge in [0.1, 0.15) is 11.2 Å². The Balaban J connectivity index is 1.81. The maximum atomic E-state index is 12.3. The molecule has 1 aliphatic carbocycles. The predicted molar refractivity (Wildman–Crippen MR) is 83.3 cm³/mol. The van der Waals surface area contributed by atoms with E-state index >= 15 is 0 Å². The van der Waals surface area contributed by atoms with E-state index in [2.05, 4.69) is 21.6 Å². The maximum absolute atomic E-state index is 12.3. The topological polar surface area (TPSA) is 81.6 Å². The average Bonchev–Trinajstić information content (AvgIpc) is 3.17. The number of carbonyl (C=O) groups is 1. The molecule has 0 saturated heterocycles. The van der Waals surface area contributed by atoms with Crippen molar-refractivity contribution in [2.45, 2.75) is 31.2 Å². The quantitative estimate of drug-likeness (QED) is 0.912. The maximum Gasteiger partial charge on any atom is 0.270 e. The smallest absolute Gasteiger partial charge is 0.270 e. The van der Waals surface area contributed by atoms with Gasteiger partial charge in [-0.25, -0.2) is 0 Å². The normalized spacial score (nSPS) is 16.2. The summed E-state index contributed by atoms with van der Waals surface area (Å²) >= 11 is 6.13. The second kappa shape index (κ2) is 5.82. The Labute approximate surface area is 133 Å². The fraction of sp³-hybridized carbons (Fsp3) is 0.312. The Kier molecular flexibility index (Phi) is 3.86. The zero-order valence-corrected chi connectivity index (χ0v) is 12.7. The number of rotatable bonds is 3. The summed E-state index contributed by atoms with van der Waals surface area (Å²) < 4.78 is 0. The largest absolute Gasteiger partial charge is 0.332 e. The zero-order valence-electron chi connectivity index (χ0n) is 11.9. The predicted octanol–water partition coefficient (Wildman–Crippen LogP) is 3.30. The molecule has 5 nitrogen and oxygen atoms in total. The molecule has 2 aromatic rings. The number of aromatic amines is 1. The van der Waals surface area contributed by atoms with E-state index in [-0.39, 0.29) is 5.91 Å². The molecule has 1 heterocycles. The van der Waals surface area contributed by atoms with E-state index in [1.165, 1.54) is 0 Å². The van der Waals surface area contributed by atoms with Gasteiger partial charge in [0.15, 0.2) is 0 Å². The van der Waals surface area contributed by atoms with Crippen molar-refractivity contribution in [1.82, 2.24) is 15.5 Å². The van der Waals surface area contributed by atoms with Crippen LogP contribution in [0.3, 0.4) is 0 Å². The fourth-order valence-electron chi connectivity index (χ4n) is 2.77. The molecule has 1 saturated carbocycles. The van der Waals surface area contributed by atoms with Crippen molar-refractivity contribution in [1.29, 1.82) is 5.26 Å². The number of hydrogen-bond donors (Lipinski definition) is 2. The van der Waals surface area contributed by atoms with Crippen molar-refractivity contribution in [2.24, 2.45) is 0 Å². The highest BCUT2D eigenvalue weighted by atomic mass is 35.5. The second-order valence-electron chi connectivity index (χ2n) is 5.50. The van der Waals surface area contributed by atoms with Crippen molar-refractivity contribution in [3.63, 3.8) is 0 Å². The van der Waals surface area contributed by atoms with E-state index in [1.54, 1.807) is 12.1 Å². The van der Waals surface area contributed by atoms with Gasteiger partial charge < -0.3 is 5.32 Å². The highest BCUT2D eigenvalue weighted by Gasteiger charge is 2.35. The number of nitrogens with one attached hydrogen (secondary N) is 2. The van der Waals surface area contributed by atoms with Gasteiger partial charge in [-0.05, 0) is 37.8 Å². The third kappa shape index (κ3) is 2.70. The number of amides is 1. The van der Waals surface area contributed by atoms with E-state index in [0.717, 1.165) is 18.4 Å². The van der Waals surface area contributed by atoms with Crippen LogP contribution in [0, 0.1) is 11.3 Å². The summed E-state index contributed by atoms with van der Waals surface area (Å²) in [5, 5.41) is 19.6. The molecule has 1 aromatic carbocycles. The summed E-state index contributed by atoms with van der Waals surface area (Å²) in [4.78, 5) is 12.3. The number of nitrogens with zero attached hydrogens (tertiary/aromatic N) is 2. The number of H-pyrrole nitrogens is 1. The lowest BCUT2D eigenvalue weighted by molar-refractivity contribution is 0.0915. The van der Waals surface area contributed by atoms with Crippen LogP contribution in [0.15, 0.2) is 30.3 Å². The van der Waals surface area contributed by atoms with Crippen LogP contribution in [-0.2, 0) is 0 Å². The number of halogens is 1. The molecule has 22 heavy (non-hydrogen) atoms. The molecule has 1 fully saturated rings. The molecule has 112 valence electrons. The van der Waals surface area contributed by atoms with E-state index in [0.29, 0.717) is 29.3 Å². The lowest BCUT2D eigenvalue weighted by Gasteiger charge is -2.21. The molecule has 1 amide bonds. The van der Waals surface area contributed by atoms with Crippen LogP contribution in [0.2, 0.25) is 5.02 Å². The van der Waals surface area contributed by atoms with Crippen LogP contribution in [0.25, 0.3) is 11.3 Å². The van der Waals surface area contributed by atoms with Crippen LogP contribution < -0.4 is 5.32 Å². The van der Waals surface area contributed by atoms with Gasteiger partial charge in [-0.2, -0.15) is 10.4 Å². The minimum atomic E-state index is -0.743. The molecular weight excluding hydrogens is 300 g/mol. The Morgan fingerprint density at radius 1 is 1.36 bits per heavy atom. The number of aromatic nitrogens is 2. The Morgan fingerprint density at radius 2 is 2.09 bits per heavy atom. The first-order valence-electron chi connectivity index (χ1n) is 7.18. The summed E-state index contributed by atoms with van der Waals surface area (Å²) in [6.45, 7) is 0. The van der Waals surface area contributed by atoms with Crippen LogP contribution >= 0.6 is 11.6 Å². The Bertz CT molecular complexity index is 741. The fourth-order valence-corrected chi connectivity index (χ4v) is 3.01. The summed E-state index contributed by atoms with van der Waals surface area (Å²) in [5.41, 5.74) is 0.951. The molecule has 2 N–H and O–H groups in total. The lowest BCUT2D eigenvalue weighted by Crippen LogP contribution is -2.45. The third-order valence-electron chi connectivity index (χ3n) is 4.00. The first-order chi connectivity index (χ1) is 10.6. The monoisotopic (exact) mass is 314 g/mol. The molecule has 1 aromatic heterocycles.